The molecule has 1 atom stereocenters. The van der Waals surface area contributed by atoms with Crippen molar-refractivity contribution in [1.82, 2.24) is 0 Å². The van der Waals surface area contributed by atoms with Crippen molar-refractivity contribution in [3.63, 3.8) is 0 Å². The van der Waals surface area contributed by atoms with Crippen molar-refractivity contribution in [2.24, 2.45) is 5.92 Å². The maximum absolute atomic E-state index is 10.9. The molecule has 0 heterocycles. The minimum absolute atomic E-state index is 0.0671. The van der Waals surface area contributed by atoms with Crippen LogP contribution in [0.25, 0.3) is 0 Å². The highest BCUT2D eigenvalue weighted by Crippen LogP contribution is 2.02. The first-order chi connectivity index (χ1) is 5.61. The van der Waals surface area contributed by atoms with Gasteiger partial charge in [-0.15, -0.1) is 0 Å². The molecule has 0 bridgehead atoms. The van der Waals surface area contributed by atoms with Crippen LogP contribution in [0.15, 0.2) is 0 Å². The smallest absolute Gasteiger partial charge is 0.316 e. The summed E-state index contributed by atoms with van der Waals surface area (Å²) >= 11 is 0. The first kappa shape index (κ1) is 10.8. The number of Topliss-reactive ketones (excluding diaryl/α,β-unsaturated/α-hetero) is 1. The Bertz CT molecular complexity index is 185. The number of rotatable bonds is 5. The van der Waals surface area contributed by atoms with E-state index in [2.05, 4.69) is 4.74 Å². The van der Waals surface area contributed by atoms with Crippen LogP contribution in [0.5, 0.6) is 0 Å². The maximum Gasteiger partial charge on any atom is 0.316 e. The number of ketones is 1. The number of ether oxygens (including phenoxy) is 1. The molecule has 1 unspecified atom stereocenters. The van der Waals surface area contributed by atoms with E-state index in [-0.39, 0.29) is 18.8 Å². The molecule has 0 aromatic rings. The Balaban J connectivity index is 4.05. The Kier molecular flexibility index (Phi) is 4.92. The van der Waals surface area contributed by atoms with Crippen LogP contribution in [-0.2, 0) is 19.1 Å². The molecule has 0 aromatic carbocycles. The summed E-state index contributed by atoms with van der Waals surface area (Å²) in [7, 11) is 0. The highest BCUT2D eigenvalue weighted by atomic mass is 16.5. The molecule has 0 aliphatic heterocycles. The summed E-state index contributed by atoms with van der Waals surface area (Å²) in [5.41, 5.74) is 0. The molecule has 0 amide bonds. The van der Waals surface area contributed by atoms with Crippen molar-refractivity contribution in [3.05, 3.63) is 0 Å². The maximum atomic E-state index is 10.9. The Hall–Kier alpha value is -1.19. The highest BCUT2D eigenvalue weighted by Gasteiger charge is 2.20. The van der Waals surface area contributed by atoms with Crippen LogP contribution in [0.3, 0.4) is 0 Å². The molecular formula is C8H12O4. The molecule has 0 aromatic heterocycles. The lowest BCUT2D eigenvalue weighted by molar-refractivity contribution is -0.150. The van der Waals surface area contributed by atoms with Crippen LogP contribution in [0.2, 0.25) is 0 Å². The Labute approximate surface area is 70.9 Å². The summed E-state index contributed by atoms with van der Waals surface area (Å²) in [6.07, 6.45) is 0.377. The third kappa shape index (κ3) is 3.85. The number of aldehydes is 1. The van der Waals surface area contributed by atoms with Gasteiger partial charge in [-0.3, -0.25) is 9.59 Å². The molecule has 0 N–H and O–H groups in total. The number of esters is 1. The average molecular weight is 172 g/mol. The Morgan fingerprint density at radius 1 is 1.50 bits per heavy atom. The van der Waals surface area contributed by atoms with Gasteiger partial charge in [0.25, 0.3) is 0 Å². The molecule has 0 spiro atoms. The first-order valence-corrected chi connectivity index (χ1v) is 3.73. The van der Waals surface area contributed by atoms with Gasteiger partial charge in [-0.25, -0.2) is 0 Å². The predicted octanol–water partition coefficient (Wildman–Crippen LogP) is 0.344. The van der Waals surface area contributed by atoms with E-state index >= 15 is 0 Å². The summed E-state index contributed by atoms with van der Waals surface area (Å²) in [5.74, 6) is -1.75. The zero-order valence-electron chi connectivity index (χ0n) is 7.20. The van der Waals surface area contributed by atoms with Gasteiger partial charge in [-0.2, -0.15) is 0 Å². The average Bonchev–Trinajstić information content (AvgIpc) is 2.00. The van der Waals surface area contributed by atoms with Crippen LogP contribution >= 0.6 is 0 Å². The van der Waals surface area contributed by atoms with Crippen molar-refractivity contribution in [2.75, 3.05) is 6.61 Å². The summed E-state index contributed by atoms with van der Waals surface area (Å²) in [5, 5.41) is 0. The summed E-state index contributed by atoms with van der Waals surface area (Å²) in [4.78, 5) is 31.8. The van der Waals surface area contributed by atoms with Gasteiger partial charge >= 0.3 is 5.97 Å². The Morgan fingerprint density at radius 3 is 2.42 bits per heavy atom. The van der Waals surface area contributed by atoms with Crippen molar-refractivity contribution in [2.45, 2.75) is 20.3 Å². The number of hydrogen-bond donors (Lipinski definition) is 0. The van der Waals surface area contributed by atoms with Crippen LogP contribution in [0.4, 0.5) is 0 Å². The molecule has 0 rings (SSSR count). The van der Waals surface area contributed by atoms with Crippen molar-refractivity contribution in [1.29, 1.82) is 0 Å². The van der Waals surface area contributed by atoms with E-state index in [1.807, 2.05) is 0 Å². The van der Waals surface area contributed by atoms with E-state index in [9.17, 15) is 14.4 Å². The standard InChI is InChI=1S/C8H12O4/c1-3-12-8(11)7(5-9)4-6(2)10/h5,7H,3-4H2,1-2H3. The summed E-state index contributed by atoms with van der Waals surface area (Å²) < 4.78 is 4.57. The van der Waals surface area contributed by atoms with Crippen molar-refractivity contribution < 1.29 is 19.1 Å². The first-order valence-electron chi connectivity index (χ1n) is 3.73. The minimum atomic E-state index is -0.928. The van der Waals surface area contributed by atoms with Gasteiger partial charge in [-0.1, -0.05) is 0 Å². The molecule has 12 heavy (non-hydrogen) atoms. The van der Waals surface area contributed by atoms with Crippen LogP contribution in [0.1, 0.15) is 20.3 Å². The normalized spacial score (nSPS) is 11.8. The number of carbonyl (C=O) groups excluding carboxylic acids is 3. The fourth-order valence-corrected chi connectivity index (χ4v) is 0.746. The quantitative estimate of drug-likeness (QED) is 0.341. The molecule has 0 saturated carbocycles. The molecule has 68 valence electrons. The molecule has 4 heteroatoms. The lowest BCUT2D eigenvalue weighted by atomic mass is 10.1. The van der Waals surface area contributed by atoms with Gasteiger partial charge in [-0.05, 0) is 13.8 Å². The highest BCUT2D eigenvalue weighted by molar-refractivity contribution is 5.93. The second-order valence-corrected chi connectivity index (χ2v) is 2.40. The van der Waals surface area contributed by atoms with Crippen molar-refractivity contribution >= 4 is 18.0 Å². The van der Waals surface area contributed by atoms with Crippen molar-refractivity contribution in [3.8, 4) is 0 Å². The van der Waals surface area contributed by atoms with E-state index in [0.29, 0.717) is 6.29 Å². The molecular weight excluding hydrogens is 160 g/mol. The second-order valence-electron chi connectivity index (χ2n) is 2.40. The fourth-order valence-electron chi connectivity index (χ4n) is 0.746. The molecule has 4 nitrogen and oxygen atoms in total. The number of hydrogen-bond acceptors (Lipinski definition) is 4. The largest absolute Gasteiger partial charge is 0.465 e. The number of carbonyl (C=O) groups is 3. The third-order valence-electron chi connectivity index (χ3n) is 1.26. The minimum Gasteiger partial charge on any atom is -0.465 e. The molecule has 0 radical (unpaired) electrons. The van der Waals surface area contributed by atoms with E-state index in [1.165, 1.54) is 6.92 Å². The molecule has 0 fully saturated rings. The SMILES string of the molecule is CCOC(=O)C(C=O)CC(C)=O. The fraction of sp³-hybridized carbons (Fsp3) is 0.625. The van der Waals surface area contributed by atoms with Gasteiger partial charge in [0.15, 0.2) is 0 Å². The topological polar surface area (TPSA) is 60.4 Å². The molecule has 0 aliphatic carbocycles. The Morgan fingerprint density at radius 2 is 2.08 bits per heavy atom. The van der Waals surface area contributed by atoms with Crippen LogP contribution in [0, 0.1) is 5.92 Å². The zero-order chi connectivity index (χ0) is 9.56. The molecule has 0 saturated heterocycles. The summed E-state index contributed by atoms with van der Waals surface area (Å²) in [6.45, 7) is 3.20. The molecule has 0 aliphatic rings. The lowest BCUT2D eigenvalue weighted by Gasteiger charge is -2.06. The monoisotopic (exact) mass is 172 g/mol. The van der Waals surface area contributed by atoms with Crippen LogP contribution in [-0.4, -0.2) is 24.6 Å². The van der Waals surface area contributed by atoms with E-state index in [4.69, 9.17) is 0 Å². The zero-order valence-corrected chi connectivity index (χ0v) is 7.20. The third-order valence-corrected chi connectivity index (χ3v) is 1.26. The summed E-state index contributed by atoms with van der Waals surface area (Å²) in [6, 6.07) is 0. The van der Waals surface area contributed by atoms with Gasteiger partial charge in [0.2, 0.25) is 0 Å². The van der Waals surface area contributed by atoms with Crippen LogP contribution < -0.4 is 0 Å². The van der Waals surface area contributed by atoms with Gasteiger partial charge in [0, 0.05) is 6.42 Å². The van der Waals surface area contributed by atoms with E-state index < -0.39 is 11.9 Å². The van der Waals surface area contributed by atoms with Gasteiger partial charge in [0.05, 0.1) is 6.61 Å². The van der Waals surface area contributed by atoms with E-state index in [0.717, 1.165) is 0 Å². The predicted molar refractivity (Wildman–Crippen MR) is 41.5 cm³/mol. The second kappa shape index (κ2) is 5.46. The van der Waals surface area contributed by atoms with Gasteiger partial charge in [0.1, 0.15) is 18.0 Å². The lowest BCUT2D eigenvalue weighted by Crippen LogP contribution is -2.21. The van der Waals surface area contributed by atoms with E-state index in [1.54, 1.807) is 6.92 Å². The van der Waals surface area contributed by atoms with Gasteiger partial charge < -0.3 is 9.53 Å².